The Hall–Kier alpha value is -2.88. The first-order chi connectivity index (χ1) is 11.4. The highest BCUT2D eigenvalue weighted by Gasteiger charge is 2.06. The Balaban J connectivity index is 2.23. The highest BCUT2D eigenvalue weighted by atomic mass is 16.5. The van der Waals surface area contributed by atoms with Crippen molar-refractivity contribution in [2.24, 2.45) is 0 Å². The monoisotopic (exact) mass is 324 g/mol. The molecule has 0 aromatic heterocycles. The van der Waals surface area contributed by atoms with Gasteiger partial charge in [-0.05, 0) is 60.4 Å². The van der Waals surface area contributed by atoms with E-state index in [0.717, 1.165) is 22.3 Å². The van der Waals surface area contributed by atoms with Crippen molar-refractivity contribution in [1.29, 1.82) is 0 Å². The fourth-order valence-corrected chi connectivity index (χ4v) is 2.31. The summed E-state index contributed by atoms with van der Waals surface area (Å²) in [6, 6.07) is 14.8. The number of ether oxygens (including phenoxy) is 2. The lowest BCUT2D eigenvalue weighted by Crippen LogP contribution is -2.01. The second kappa shape index (κ2) is 7.59. The minimum Gasteiger partial charge on any atom is -0.427 e. The maximum atomic E-state index is 11.0. The molecule has 0 saturated heterocycles. The molecule has 0 fully saturated rings. The fourth-order valence-electron chi connectivity index (χ4n) is 2.31. The quantitative estimate of drug-likeness (QED) is 0.472. The predicted octanol–water partition coefficient (Wildman–Crippen LogP) is 4.49. The number of benzene rings is 2. The summed E-state index contributed by atoms with van der Waals surface area (Å²) in [4.78, 5) is 21.9. The zero-order chi connectivity index (χ0) is 17.7. The zero-order valence-corrected chi connectivity index (χ0v) is 14.3. The summed E-state index contributed by atoms with van der Waals surface area (Å²) in [6.07, 6.45) is 0. The molecule has 0 bridgehead atoms. The summed E-state index contributed by atoms with van der Waals surface area (Å²) < 4.78 is 10.1. The first-order valence-corrected chi connectivity index (χ1v) is 7.62. The van der Waals surface area contributed by atoms with Crippen LogP contribution in [0.15, 0.2) is 48.5 Å². The maximum Gasteiger partial charge on any atom is 0.308 e. The van der Waals surface area contributed by atoms with Gasteiger partial charge in [-0.3, -0.25) is 9.59 Å². The molecular formula is C20H20O4. The van der Waals surface area contributed by atoms with Crippen LogP contribution in [0.25, 0.3) is 11.1 Å². The van der Waals surface area contributed by atoms with Crippen LogP contribution in [0.4, 0.5) is 0 Å². The van der Waals surface area contributed by atoms with E-state index < -0.39 is 0 Å². The number of hydrogen-bond donors (Lipinski definition) is 0. The molecule has 24 heavy (non-hydrogen) atoms. The maximum absolute atomic E-state index is 11.0. The summed E-state index contributed by atoms with van der Waals surface area (Å²) in [5.41, 5.74) is 4.33. The zero-order valence-electron chi connectivity index (χ0n) is 14.3. The van der Waals surface area contributed by atoms with E-state index in [0.29, 0.717) is 11.5 Å². The second-order valence-electron chi connectivity index (χ2n) is 5.49. The first-order valence-electron chi connectivity index (χ1n) is 7.62. The summed E-state index contributed by atoms with van der Waals surface area (Å²) >= 11 is 0. The highest BCUT2D eigenvalue weighted by Crippen LogP contribution is 2.28. The number of carbonyl (C=O) groups excluding carboxylic acids is 2. The summed E-state index contributed by atoms with van der Waals surface area (Å²) in [7, 11) is 0. The molecule has 0 amide bonds. The number of esters is 2. The SMILES string of the molecule is CC(=O)Oc1ccc(C(C)=C(C)c2ccc(OC(C)=O)cc2)cc1. The molecule has 0 aliphatic heterocycles. The Morgan fingerprint density at radius 1 is 0.583 bits per heavy atom. The molecule has 0 aliphatic carbocycles. The van der Waals surface area contributed by atoms with Crippen LogP contribution < -0.4 is 9.47 Å². The van der Waals surface area contributed by atoms with Gasteiger partial charge in [-0.2, -0.15) is 0 Å². The molecule has 0 aliphatic rings. The van der Waals surface area contributed by atoms with Crippen LogP contribution in [-0.4, -0.2) is 11.9 Å². The molecule has 0 spiro atoms. The molecule has 2 aromatic rings. The molecule has 0 saturated carbocycles. The van der Waals surface area contributed by atoms with Gasteiger partial charge in [0.25, 0.3) is 0 Å². The molecule has 0 heterocycles. The minimum atomic E-state index is -0.334. The van der Waals surface area contributed by atoms with E-state index >= 15 is 0 Å². The molecule has 0 N–H and O–H groups in total. The van der Waals surface area contributed by atoms with Gasteiger partial charge < -0.3 is 9.47 Å². The van der Waals surface area contributed by atoms with E-state index in [2.05, 4.69) is 0 Å². The number of hydrogen-bond acceptors (Lipinski definition) is 4. The van der Waals surface area contributed by atoms with E-state index in [1.807, 2.05) is 38.1 Å². The van der Waals surface area contributed by atoms with Crippen LogP contribution in [0, 0.1) is 0 Å². The highest BCUT2D eigenvalue weighted by molar-refractivity contribution is 5.89. The topological polar surface area (TPSA) is 52.6 Å². The summed E-state index contributed by atoms with van der Waals surface area (Å²) in [5, 5.41) is 0. The van der Waals surface area contributed by atoms with E-state index in [4.69, 9.17) is 9.47 Å². The van der Waals surface area contributed by atoms with Crippen LogP contribution in [0.3, 0.4) is 0 Å². The van der Waals surface area contributed by atoms with Gasteiger partial charge in [0, 0.05) is 13.8 Å². The van der Waals surface area contributed by atoms with Crippen LogP contribution in [-0.2, 0) is 9.59 Å². The normalized spacial score (nSPS) is 11.5. The Bertz CT molecular complexity index is 701. The molecule has 2 aromatic carbocycles. The van der Waals surface area contributed by atoms with Crippen molar-refractivity contribution >= 4 is 23.1 Å². The molecule has 124 valence electrons. The third-order valence-corrected chi connectivity index (χ3v) is 3.66. The van der Waals surface area contributed by atoms with E-state index in [1.165, 1.54) is 13.8 Å². The van der Waals surface area contributed by atoms with Gasteiger partial charge in [-0.15, -0.1) is 0 Å². The molecule has 4 heteroatoms. The standard InChI is InChI=1S/C20H20O4/c1-13(17-5-9-19(10-6-17)23-15(3)21)14(2)18-7-11-20(12-8-18)24-16(4)22/h5-12H,1-4H3. The minimum absolute atomic E-state index is 0.334. The lowest BCUT2D eigenvalue weighted by Gasteiger charge is -2.10. The van der Waals surface area contributed by atoms with Crippen molar-refractivity contribution in [2.75, 3.05) is 0 Å². The Labute approximate surface area is 141 Å². The van der Waals surface area contributed by atoms with Crippen molar-refractivity contribution in [1.82, 2.24) is 0 Å². The molecule has 0 atom stereocenters. The van der Waals surface area contributed by atoms with Crippen LogP contribution in [0.1, 0.15) is 38.8 Å². The van der Waals surface area contributed by atoms with Crippen LogP contribution in [0.5, 0.6) is 11.5 Å². The largest absolute Gasteiger partial charge is 0.427 e. The number of rotatable bonds is 4. The summed E-state index contributed by atoms with van der Waals surface area (Å²) in [5.74, 6) is 0.392. The molecule has 2 rings (SSSR count). The average molecular weight is 324 g/mol. The molecule has 0 unspecified atom stereocenters. The van der Waals surface area contributed by atoms with Crippen LogP contribution in [0.2, 0.25) is 0 Å². The fraction of sp³-hybridized carbons (Fsp3) is 0.200. The number of allylic oxidation sites excluding steroid dienone is 2. The first kappa shape index (κ1) is 17.5. The molecule has 4 nitrogen and oxygen atoms in total. The third-order valence-electron chi connectivity index (χ3n) is 3.66. The Morgan fingerprint density at radius 2 is 0.875 bits per heavy atom. The van der Waals surface area contributed by atoms with E-state index in [9.17, 15) is 9.59 Å². The lowest BCUT2D eigenvalue weighted by atomic mass is 9.97. The Morgan fingerprint density at radius 3 is 1.12 bits per heavy atom. The lowest BCUT2D eigenvalue weighted by molar-refractivity contribution is -0.132. The van der Waals surface area contributed by atoms with E-state index in [-0.39, 0.29) is 11.9 Å². The predicted molar refractivity (Wildman–Crippen MR) is 93.7 cm³/mol. The summed E-state index contributed by atoms with van der Waals surface area (Å²) in [6.45, 7) is 6.83. The van der Waals surface area contributed by atoms with Gasteiger partial charge in [0.05, 0.1) is 0 Å². The van der Waals surface area contributed by atoms with Crippen molar-refractivity contribution in [2.45, 2.75) is 27.7 Å². The van der Waals surface area contributed by atoms with E-state index in [1.54, 1.807) is 24.3 Å². The van der Waals surface area contributed by atoms with Crippen molar-refractivity contribution in [3.05, 3.63) is 59.7 Å². The number of carbonyl (C=O) groups is 2. The van der Waals surface area contributed by atoms with Crippen LogP contribution >= 0.6 is 0 Å². The third kappa shape index (κ3) is 4.56. The Kier molecular flexibility index (Phi) is 5.53. The van der Waals surface area contributed by atoms with Gasteiger partial charge in [0.15, 0.2) is 0 Å². The van der Waals surface area contributed by atoms with Gasteiger partial charge >= 0.3 is 11.9 Å². The van der Waals surface area contributed by atoms with Crippen molar-refractivity contribution < 1.29 is 19.1 Å². The van der Waals surface area contributed by atoms with Crippen molar-refractivity contribution in [3.8, 4) is 11.5 Å². The van der Waals surface area contributed by atoms with Gasteiger partial charge in [0.1, 0.15) is 11.5 Å². The van der Waals surface area contributed by atoms with Crippen molar-refractivity contribution in [3.63, 3.8) is 0 Å². The second-order valence-corrected chi connectivity index (χ2v) is 5.49. The van der Waals surface area contributed by atoms with Gasteiger partial charge in [-0.1, -0.05) is 24.3 Å². The molecular weight excluding hydrogens is 304 g/mol. The smallest absolute Gasteiger partial charge is 0.308 e. The molecule has 0 radical (unpaired) electrons. The average Bonchev–Trinajstić information content (AvgIpc) is 2.54. The van der Waals surface area contributed by atoms with Gasteiger partial charge in [-0.25, -0.2) is 0 Å². The van der Waals surface area contributed by atoms with Gasteiger partial charge in [0.2, 0.25) is 0 Å².